The first-order chi connectivity index (χ1) is 16.4. The van der Waals surface area contributed by atoms with E-state index < -0.39 is 0 Å². The number of halogens is 1. The van der Waals surface area contributed by atoms with Crippen molar-refractivity contribution in [2.24, 2.45) is 0 Å². The van der Waals surface area contributed by atoms with Crippen molar-refractivity contribution in [2.45, 2.75) is 9.92 Å². The Morgan fingerprint density at radius 3 is 2.62 bits per heavy atom. The van der Waals surface area contributed by atoms with Crippen LogP contribution in [0.2, 0.25) is 5.02 Å². The number of carbonyl (C=O) groups excluding carboxylic acids is 1. The van der Waals surface area contributed by atoms with E-state index in [0.29, 0.717) is 16.0 Å². The number of amides is 1. The van der Waals surface area contributed by atoms with E-state index in [2.05, 4.69) is 50.8 Å². The molecule has 2 heterocycles. The summed E-state index contributed by atoms with van der Waals surface area (Å²) in [6.45, 7) is 7.75. The minimum absolute atomic E-state index is 0.174. The summed E-state index contributed by atoms with van der Waals surface area (Å²) in [5.41, 5.74) is 2.88. The minimum atomic E-state index is -0.174. The van der Waals surface area contributed by atoms with Crippen molar-refractivity contribution in [3.63, 3.8) is 0 Å². The molecule has 34 heavy (non-hydrogen) atoms. The van der Waals surface area contributed by atoms with Crippen LogP contribution in [-0.4, -0.2) is 61.0 Å². The predicted octanol–water partition coefficient (Wildman–Crippen LogP) is 4.93. The van der Waals surface area contributed by atoms with E-state index in [1.54, 1.807) is 13.2 Å². The summed E-state index contributed by atoms with van der Waals surface area (Å²) in [7, 11) is 3.87. The second kappa shape index (κ2) is 10.9. The highest BCUT2D eigenvalue weighted by molar-refractivity contribution is 7.99. The van der Waals surface area contributed by atoms with Crippen LogP contribution < -0.4 is 15.1 Å². The maximum atomic E-state index is 11.9. The van der Waals surface area contributed by atoms with Crippen molar-refractivity contribution in [1.29, 1.82) is 0 Å². The van der Waals surface area contributed by atoms with Crippen LogP contribution in [0.4, 0.5) is 23.0 Å². The number of aromatic nitrogens is 2. The van der Waals surface area contributed by atoms with E-state index in [1.165, 1.54) is 28.4 Å². The number of benzene rings is 2. The van der Waals surface area contributed by atoms with Gasteiger partial charge in [-0.3, -0.25) is 4.79 Å². The summed E-state index contributed by atoms with van der Waals surface area (Å²) in [5, 5.41) is 4.35. The van der Waals surface area contributed by atoms with Gasteiger partial charge in [-0.05, 0) is 55.6 Å². The van der Waals surface area contributed by atoms with E-state index >= 15 is 0 Å². The monoisotopic (exact) mass is 494 g/mol. The molecule has 1 aliphatic rings. The normalized spacial score (nSPS) is 14.0. The van der Waals surface area contributed by atoms with Gasteiger partial charge in [0.15, 0.2) is 0 Å². The van der Waals surface area contributed by atoms with Crippen molar-refractivity contribution in [3.8, 4) is 0 Å². The summed E-state index contributed by atoms with van der Waals surface area (Å²) in [5.74, 6) is 0.293. The first-order valence-electron chi connectivity index (χ1n) is 10.9. The highest BCUT2D eigenvalue weighted by atomic mass is 35.5. The molecule has 9 heteroatoms. The van der Waals surface area contributed by atoms with E-state index in [1.807, 2.05) is 36.4 Å². The fourth-order valence-electron chi connectivity index (χ4n) is 3.56. The molecule has 0 unspecified atom stereocenters. The molecule has 1 N–H and O–H groups in total. The van der Waals surface area contributed by atoms with Crippen molar-refractivity contribution in [2.75, 3.05) is 55.4 Å². The molecular weight excluding hydrogens is 468 g/mol. The summed E-state index contributed by atoms with van der Waals surface area (Å²) in [6.07, 6.45) is 2.88. The molecule has 1 saturated heterocycles. The third-order valence-corrected chi connectivity index (χ3v) is 7.01. The molecule has 0 saturated carbocycles. The molecule has 0 radical (unpaired) electrons. The Labute approximate surface area is 209 Å². The fourth-order valence-corrected chi connectivity index (χ4v) is 4.60. The average molecular weight is 495 g/mol. The van der Waals surface area contributed by atoms with Gasteiger partial charge in [0.05, 0.1) is 11.2 Å². The van der Waals surface area contributed by atoms with Crippen molar-refractivity contribution >= 4 is 52.3 Å². The van der Waals surface area contributed by atoms with E-state index in [0.717, 1.165) is 42.4 Å². The van der Waals surface area contributed by atoms with Gasteiger partial charge in [-0.1, -0.05) is 36.0 Å². The Morgan fingerprint density at radius 1 is 1.18 bits per heavy atom. The van der Waals surface area contributed by atoms with Gasteiger partial charge in [0, 0.05) is 55.2 Å². The van der Waals surface area contributed by atoms with Gasteiger partial charge >= 0.3 is 0 Å². The Bertz CT molecular complexity index is 1160. The molecule has 0 spiro atoms. The Morgan fingerprint density at radius 2 is 1.91 bits per heavy atom. The molecule has 4 rings (SSSR count). The topological polar surface area (TPSA) is 64.6 Å². The lowest BCUT2D eigenvalue weighted by molar-refractivity contribution is -0.113. The molecule has 1 fully saturated rings. The van der Waals surface area contributed by atoms with Gasteiger partial charge in [0.2, 0.25) is 11.9 Å². The number of rotatable bonds is 7. The van der Waals surface area contributed by atoms with E-state index in [-0.39, 0.29) is 5.91 Å². The lowest BCUT2D eigenvalue weighted by Crippen LogP contribution is -2.44. The number of hydrogen-bond donors (Lipinski definition) is 1. The first-order valence-corrected chi connectivity index (χ1v) is 12.1. The van der Waals surface area contributed by atoms with Gasteiger partial charge in [-0.25, -0.2) is 9.97 Å². The van der Waals surface area contributed by atoms with Gasteiger partial charge in [0.25, 0.3) is 0 Å². The molecular formula is C25H27ClN6OS. The van der Waals surface area contributed by atoms with Gasteiger partial charge in [-0.2, -0.15) is 0 Å². The van der Waals surface area contributed by atoms with Gasteiger partial charge in [-0.15, -0.1) is 0 Å². The van der Waals surface area contributed by atoms with Crippen LogP contribution in [0, 0.1) is 0 Å². The smallest absolute Gasteiger partial charge is 0.250 e. The van der Waals surface area contributed by atoms with Crippen molar-refractivity contribution < 1.29 is 4.79 Å². The number of carbonyl (C=O) groups is 1. The Hall–Kier alpha value is -3.07. The molecule has 0 atom stereocenters. The Balaban J connectivity index is 1.45. The fraction of sp³-hybridized carbons (Fsp3) is 0.240. The Kier molecular flexibility index (Phi) is 7.72. The van der Waals surface area contributed by atoms with Crippen molar-refractivity contribution in [1.82, 2.24) is 14.9 Å². The average Bonchev–Trinajstić information content (AvgIpc) is 2.86. The molecule has 1 aliphatic heterocycles. The number of anilines is 4. The molecule has 0 bridgehead atoms. The van der Waals surface area contributed by atoms with Crippen LogP contribution >= 0.6 is 23.4 Å². The van der Waals surface area contributed by atoms with Crippen LogP contribution in [0.25, 0.3) is 0 Å². The first kappa shape index (κ1) is 24.1. The number of hydrogen-bond acceptors (Lipinski definition) is 7. The maximum Gasteiger partial charge on any atom is 0.250 e. The van der Waals surface area contributed by atoms with Crippen LogP contribution in [0.3, 0.4) is 0 Å². The number of piperazine rings is 1. The largest absolute Gasteiger partial charge is 0.369 e. The third-order valence-electron chi connectivity index (χ3n) is 5.63. The zero-order valence-corrected chi connectivity index (χ0v) is 20.8. The van der Waals surface area contributed by atoms with Crippen LogP contribution in [-0.2, 0) is 4.79 Å². The highest BCUT2D eigenvalue weighted by Gasteiger charge is 2.15. The zero-order valence-electron chi connectivity index (χ0n) is 19.2. The zero-order chi connectivity index (χ0) is 24.1. The van der Waals surface area contributed by atoms with Crippen LogP contribution in [0.15, 0.2) is 77.3 Å². The third kappa shape index (κ3) is 5.88. The van der Waals surface area contributed by atoms with Gasteiger partial charge in [0.1, 0.15) is 5.03 Å². The molecule has 7 nitrogen and oxygen atoms in total. The molecule has 0 aliphatic carbocycles. The second-order valence-electron chi connectivity index (χ2n) is 8.01. The molecule has 1 amide bonds. The lowest BCUT2D eigenvalue weighted by Gasteiger charge is -2.34. The van der Waals surface area contributed by atoms with E-state index in [9.17, 15) is 4.79 Å². The predicted molar refractivity (Wildman–Crippen MR) is 141 cm³/mol. The highest BCUT2D eigenvalue weighted by Crippen LogP contribution is 2.34. The van der Waals surface area contributed by atoms with Crippen LogP contribution in [0.5, 0.6) is 0 Å². The minimum Gasteiger partial charge on any atom is -0.369 e. The standard InChI is InChI=1S/C25H27ClN6OS/c1-4-23(33)31(3)20-6-5-7-21(16-20)34-24-22(26)17-27-25(29-24)28-18-8-10-19(11-9-18)32-14-12-30(2)13-15-32/h4-11,16-17H,1,12-15H2,2-3H3,(H,27,28,29). The molecule has 2 aromatic carbocycles. The lowest BCUT2D eigenvalue weighted by atomic mass is 10.2. The molecule has 1 aromatic heterocycles. The summed E-state index contributed by atoms with van der Waals surface area (Å²) in [6, 6.07) is 15.9. The van der Waals surface area contributed by atoms with Crippen molar-refractivity contribution in [3.05, 3.63) is 72.4 Å². The summed E-state index contributed by atoms with van der Waals surface area (Å²) < 4.78 is 0. The summed E-state index contributed by atoms with van der Waals surface area (Å²) >= 11 is 7.79. The molecule has 3 aromatic rings. The van der Waals surface area contributed by atoms with E-state index in [4.69, 9.17) is 11.6 Å². The quantitative estimate of drug-likeness (QED) is 0.369. The number of likely N-dealkylation sites (N-methyl/N-ethyl adjacent to an activating group) is 2. The second-order valence-corrected chi connectivity index (χ2v) is 9.48. The van der Waals surface area contributed by atoms with Gasteiger partial charge < -0.3 is 20.0 Å². The number of nitrogens with zero attached hydrogens (tertiary/aromatic N) is 5. The maximum absolute atomic E-state index is 11.9. The van der Waals surface area contributed by atoms with Crippen LogP contribution in [0.1, 0.15) is 0 Å². The SMILES string of the molecule is C=CC(=O)N(C)c1cccc(Sc2nc(Nc3ccc(N4CCN(C)CC4)cc3)ncc2Cl)c1. The molecule has 176 valence electrons. The number of nitrogens with one attached hydrogen (secondary N) is 1. The summed E-state index contributed by atoms with van der Waals surface area (Å²) in [4.78, 5) is 28.0.